The molecule has 128 valence electrons. The molecule has 0 saturated carbocycles. The molecule has 0 aliphatic carbocycles. The van der Waals surface area contributed by atoms with Crippen molar-refractivity contribution in [2.45, 2.75) is 19.9 Å². The molecule has 2 aromatic carbocycles. The summed E-state index contributed by atoms with van der Waals surface area (Å²) in [6.07, 6.45) is 0. The van der Waals surface area contributed by atoms with Crippen LogP contribution in [0.4, 0.5) is 16.2 Å². The number of fused-ring (bicyclic) bond motifs is 1. The highest BCUT2D eigenvalue weighted by molar-refractivity contribution is 5.91. The average Bonchev–Trinajstić information content (AvgIpc) is 3.00. The second-order valence-electron chi connectivity index (χ2n) is 5.77. The number of rotatable bonds is 4. The van der Waals surface area contributed by atoms with Crippen molar-refractivity contribution in [3.63, 3.8) is 0 Å². The molecule has 0 aliphatic heterocycles. The first kappa shape index (κ1) is 16.6. The first-order chi connectivity index (χ1) is 12.0. The summed E-state index contributed by atoms with van der Waals surface area (Å²) < 4.78 is 5.75. The third-order valence-electron chi connectivity index (χ3n) is 3.68. The monoisotopic (exact) mass is 337 g/mol. The zero-order valence-electron chi connectivity index (χ0n) is 14.0. The van der Waals surface area contributed by atoms with E-state index in [1.807, 2.05) is 37.3 Å². The normalized spacial score (nSPS) is 11.8. The van der Waals surface area contributed by atoms with Gasteiger partial charge in [0.2, 0.25) is 5.91 Å². The number of carbonyl (C=O) groups is 2. The Bertz CT molecular complexity index is 867. The molecular formula is C19H19N3O3. The minimum Gasteiger partial charge on any atom is -0.459 e. The number of hydrogen-bond acceptors (Lipinski definition) is 3. The second kappa shape index (κ2) is 7.09. The predicted octanol–water partition coefficient (Wildman–Crippen LogP) is 4.27. The first-order valence-electron chi connectivity index (χ1n) is 7.95. The van der Waals surface area contributed by atoms with Crippen LogP contribution in [0.25, 0.3) is 11.0 Å². The molecule has 1 heterocycles. The second-order valence-corrected chi connectivity index (χ2v) is 5.77. The van der Waals surface area contributed by atoms with Crippen LogP contribution < -0.4 is 16.0 Å². The van der Waals surface area contributed by atoms with Gasteiger partial charge in [0, 0.05) is 23.7 Å². The number of benzene rings is 2. The van der Waals surface area contributed by atoms with Crippen molar-refractivity contribution >= 4 is 34.3 Å². The van der Waals surface area contributed by atoms with Gasteiger partial charge in [0.1, 0.15) is 11.3 Å². The Kier molecular flexibility index (Phi) is 4.70. The van der Waals surface area contributed by atoms with Crippen LogP contribution in [-0.2, 0) is 4.79 Å². The van der Waals surface area contributed by atoms with Gasteiger partial charge < -0.3 is 20.4 Å². The third-order valence-corrected chi connectivity index (χ3v) is 3.68. The van der Waals surface area contributed by atoms with E-state index in [1.54, 1.807) is 24.3 Å². The molecule has 0 aliphatic rings. The van der Waals surface area contributed by atoms with Crippen LogP contribution in [0.2, 0.25) is 0 Å². The number of amides is 3. The van der Waals surface area contributed by atoms with Crippen LogP contribution in [0, 0.1) is 0 Å². The highest BCUT2D eigenvalue weighted by atomic mass is 16.3. The Labute approximate surface area is 145 Å². The molecule has 3 aromatic rings. The van der Waals surface area contributed by atoms with Crippen molar-refractivity contribution < 1.29 is 14.0 Å². The van der Waals surface area contributed by atoms with Crippen LogP contribution in [0.1, 0.15) is 25.6 Å². The lowest BCUT2D eigenvalue weighted by molar-refractivity contribution is -0.114. The van der Waals surface area contributed by atoms with E-state index in [2.05, 4.69) is 16.0 Å². The van der Waals surface area contributed by atoms with Crippen molar-refractivity contribution in [2.24, 2.45) is 0 Å². The maximum atomic E-state index is 12.1. The zero-order valence-corrected chi connectivity index (χ0v) is 14.0. The number of para-hydroxylation sites is 1. The lowest BCUT2D eigenvalue weighted by Crippen LogP contribution is -2.30. The fourth-order valence-electron chi connectivity index (χ4n) is 2.49. The molecule has 0 saturated heterocycles. The largest absolute Gasteiger partial charge is 0.459 e. The van der Waals surface area contributed by atoms with Crippen molar-refractivity contribution in [3.05, 3.63) is 60.4 Å². The van der Waals surface area contributed by atoms with Gasteiger partial charge in [-0.2, -0.15) is 0 Å². The third kappa shape index (κ3) is 4.17. The number of anilines is 2. The van der Waals surface area contributed by atoms with E-state index in [4.69, 9.17) is 4.42 Å². The summed E-state index contributed by atoms with van der Waals surface area (Å²) in [5, 5.41) is 9.26. The molecule has 6 heteroatoms. The first-order valence-corrected chi connectivity index (χ1v) is 7.95. The van der Waals surface area contributed by atoms with Gasteiger partial charge in [0.25, 0.3) is 0 Å². The molecule has 6 nitrogen and oxygen atoms in total. The predicted molar refractivity (Wildman–Crippen MR) is 97.5 cm³/mol. The van der Waals surface area contributed by atoms with E-state index in [0.717, 1.165) is 11.0 Å². The van der Waals surface area contributed by atoms with Crippen molar-refractivity contribution in [2.75, 3.05) is 10.6 Å². The molecule has 3 rings (SSSR count). The van der Waals surface area contributed by atoms with Gasteiger partial charge >= 0.3 is 6.03 Å². The standard InChI is InChI=1S/C19H19N3O3/c1-12(18-11-14-5-3-4-6-17(14)25-18)20-19(24)22-16-9-7-15(8-10-16)21-13(2)23/h3-12H,1-2H3,(H,21,23)(H2,20,22,24). The van der Waals surface area contributed by atoms with Crippen LogP contribution in [0.3, 0.4) is 0 Å². The number of carbonyl (C=O) groups excluding carboxylic acids is 2. The fourth-order valence-corrected chi connectivity index (χ4v) is 2.49. The lowest BCUT2D eigenvalue weighted by atomic mass is 10.2. The molecule has 0 spiro atoms. The summed E-state index contributed by atoms with van der Waals surface area (Å²) in [6, 6.07) is 15.9. The summed E-state index contributed by atoms with van der Waals surface area (Å²) >= 11 is 0. The molecule has 3 N–H and O–H groups in total. The van der Waals surface area contributed by atoms with Crippen LogP contribution in [0.5, 0.6) is 0 Å². The Morgan fingerprint density at radius 1 is 0.960 bits per heavy atom. The summed E-state index contributed by atoms with van der Waals surface area (Å²) in [7, 11) is 0. The fraction of sp³-hybridized carbons (Fsp3) is 0.158. The molecule has 0 bridgehead atoms. The smallest absolute Gasteiger partial charge is 0.319 e. The highest BCUT2D eigenvalue weighted by Crippen LogP contribution is 2.23. The van der Waals surface area contributed by atoms with Gasteiger partial charge in [0.15, 0.2) is 0 Å². The topological polar surface area (TPSA) is 83.4 Å². The Morgan fingerprint density at radius 3 is 2.24 bits per heavy atom. The minimum atomic E-state index is -0.333. The van der Waals surface area contributed by atoms with Gasteiger partial charge in [-0.25, -0.2) is 4.79 Å². The molecule has 25 heavy (non-hydrogen) atoms. The van der Waals surface area contributed by atoms with E-state index in [9.17, 15) is 9.59 Å². The Morgan fingerprint density at radius 2 is 1.60 bits per heavy atom. The highest BCUT2D eigenvalue weighted by Gasteiger charge is 2.14. The maximum absolute atomic E-state index is 12.1. The van der Waals surface area contributed by atoms with E-state index < -0.39 is 0 Å². The van der Waals surface area contributed by atoms with E-state index in [-0.39, 0.29) is 18.0 Å². The number of furan rings is 1. The van der Waals surface area contributed by atoms with Crippen LogP contribution >= 0.6 is 0 Å². The molecule has 0 fully saturated rings. The molecule has 0 radical (unpaired) electrons. The Balaban J connectivity index is 1.60. The summed E-state index contributed by atoms with van der Waals surface area (Å²) in [6.45, 7) is 3.30. The zero-order chi connectivity index (χ0) is 17.8. The SMILES string of the molecule is CC(=O)Nc1ccc(NC(=O)NC(C)c2cc3ccccc3o2)cc1. The van der Waals surface area contributed by atoms with Gasteiger partial charge in [0.05, 0.1) is 6.04 Å². The molecule has 1 aromatic heterocycles. The van der Waals surface area contributed by atoms with Gasteiger partial charge in [-0.15, -0.1) is 0 Å². The lowest BCUT2D eigenvalue weighted by Gasteiger charge is -2.13. The summed E-state index contributed by atoms with van der Waals surface area (Å²) in [5.74, 6) is 0.551. The minimum absolute atomic E-state index is 0.141. The van der Waals surface area contributed by atoms with Crippen molar-refractivity contribution in [1.82, 2.24) is 5.32 Å². The number of nitrogens with one attached hydrogen (secondary N) is 3. The van der Waals surface area contributed by atoms with E-state index in [0.29, 0.717) is 17.1 Å². The summed E-state index contributed by atoms with van der Waals surface area (Å²) in [5.41, 5.74) is 2.10. The van der Waals surface area contributed by atoms with Crippen molar-refractivity contribution in [1.29, 1.82) is 0 Å². The molecule has 1 atom stereocenters. The van der Waals surface area contributed by atoms with Gasteiger partial charge in [-0.3, -0.25) is 4.79 Å². The maximum Gasteiger partial charge on any atom is 0.319 e. The summed E-state index contributed by atoms with van der Waals surface area (Å²) in [4.78, 5) is 23.1. The van der Waals surface area contributed by atoms with Crippen LogP contribution in [-0.4, -0.2) is 11.9 Å². The van der Waals surface area contributed by atoms with Crippen molar-refractivity contribution in [3.8, 4) is 0 Å². The quantitative estimate of drug-likeness (QED) is 0.664. The average molecular weight is 337 g/mol. The number of hydrogen-bond donors (Lipinski definition) is 3. The van der Waals surface area contributed by atoms with E-state index >= 15 is 0 Å². The van der Waals surface area contributed by atoms with Crippen LogP contribution in [0.15, 0.2) is 59.0 Å². The molecule has 3 amide bonds. The molecular weight excluding hydrogens is 318 g/mol. The molecule has 1 unspecified atom stereocenters. The van der Waals surface area contributed by atoms with E-state index in [1.165, 1.54) is 6.92 Å². The number of urea groups is 1. The van der Waals surface area contributed by atoms with Gasteiger partial charge in [-0.05, 0) is 43.3 Å². The Hall–Kier alpha value is -3.28. The van der Waals surface area contributed by atoms with Gasteiger partial charge in [-0.1, -0.05) is 18.2 Å².